The van der Waals surface area contributed by atoms with Gasteiger partial charge in [0.05, 0.1) is 7.11 Å². The first-order chi connectivity index (χ1) is 14.1. The highest BCUT2D eigenvalue weighted by atomic mass is 16.5. The molecule has 0 aliphatic rings. The van der Waals surface area contributed by atoms with Gasteiger partial charge in [-0.3, -0.25) is 4.79 Å². The Morgan fingerprint density at radius 3 is 2.55 bits per heavy atom. The Hall–Kier alpha value is -4.29. The molecule has 3 aromatic rings. The van der Waals surface area contributed by atoms with Crippen LogP contribution >= 0.6 is 0 Å². The highest BCUT2D eigenvalue weighted by Gasteiger charge is 2.10. The van der Waals surface area contributed by atoms with Crippen LogP contribution in [0.15, 0.2) is 66.2 Å². The summed E-state index contributed by atoms with van der Waals surface area (Å²) in [5.74, 6) is 0.476. The SMILES string of the molecule is COc1cc(C=C(C#N)C#N)ccc1OCC(=O)Nc1cccc2ccccc12. The number of nitrogens with zero attached hydrogens (tertiary/aromatic N) is 2. The fourth-order valence-electron chi connectivity index (χ4n) is 2.81. The maximum Gasteiger partial charge on any atom is 0.262 e. The molecule has 6 heteroatoms. The number of fused-ring (bicyclic) bond motifs is 1. The molecular formula is C23H17N3O3. The van der Waals surface area contributed by atoms with E-state index < -0.39 is 0 Å². The summed E-state index contributed by atoms with van der Waals surface area (Å²) in [6.07, 6.45) is 1.44. The lowest BCUT2D eigenvalue weighted by atomic mass is 10.1. The number of methoxy groups -OCH3 is 1. The van der Waals surface area contributed by atoms with Crippen LogP contribution in [0.3, 0.4) is 0 Å². The highest BCUT2D eigenvalue weighted by molar-refractivity contribution is 6.02. The Morgan fingerprint density at radius 1 is 1.03 bits per heavy atom. The molecule has 0 aromatic heterocycles. The van der Waals surface area contributed by atoms with Crippen molar-refractivity contribution in [3.05, 3.63) is 71.8 Å². The molecule has 1 amide bonds. The van der Waals surface area contributed by atoms with E-state index in [4.69, 9.17) is 20.0 Å². The Balaban J connectivity index is 1.71. The van der Waals surface area contributed by atoms with Gasteiger partial charge in [-0.05, 0) is 35.2 Å². The minimum absolute atomic E-state index is 0.0183. The molecule has 3 aromatic carbocycles. The summed E-state index contributed by atoms with van der Waals surface area (Å²) < 4.78 is 10.9. The van der Waals surface area contributed by atoms with Crippen molar-refractivity contribution in [2.75, 3.05) is 19.0 Å². The average Bonchev–Trinajstić information content (AvgIpc) is 2.76. The van der Waals surface area contributed by atoms with E-state index in [0.29, 0.717) is 22.7 Å². The molecule has 0 atom stereocenters. The van der Waals surface area contributed by atoms with Crippen molar-refractivity contribution in [1.82, 2.24) is 0 Å². The number of anilines is 1. The summed E-state index contributed by atoms with van der Waals surface area (Å²) in [6, 6.07) is 22.0. The number of allylic oxidation sites excluding steroid dienone is 1. The second-order valence-electron chi connectivity index (χ2n) is 6.06. The van der Waals surface area contributed by atoms with E-state index in [9.17, 15) is 4.79 Å². The van der Waals surface area contributed by atoms with Crippen LogP contribution in [0.25, 0.3) is 16.8 Å². The lowest BCUT2D eigenvalue weighted by molar-refractivity contribution is -0.118. The van der Waals surface area contributed by atoms with Crippen LogP contribution in [-0.4, -0.2) is 19.6 Å². The third-order valence-electron chi connectivity index (χ3n) is 4.16. The van der Waals surface area contributed by atoms with E-state index >= 15 is 0 Å². The second-order valence-corrected chi connectivity index (χ2v) is 6.06. The molecule has 0 aliphatic heterocycles. The van der Waals surface area contributed by atoms with Gasteiger partial charge in [-0.1, -0.05) is 42.5 Å². The number of ether oxygens (including phenoxy) is 2. The Labute approximate surface area is 168 Å². The average molecular weight is 383 g/mol. The van der Waals surface area contributed by atoms with E-state index in [1.165, 1.54) is 13.2 Å². The molecule has 0 bridgehead atoms. The molecule has 142 valence electrons. The smallest absolute Gasteiger partial charge is 0.262 e. The minimum Gasteiger partial charge on any atom is -0.493 e. The van der Waals surface area contributed by atoms with Crippen molar-refractivity contribution in [2.24, 2.45) is 0 Å². The normalized spacial score (nSPS) is 9.76. The molecular weight excluding hydrogens is 366 g/mol. The Kier molecular flexibility index (Phi) is 6.09. The molecule has 0 fully saturated rings. The molecule has 1 N–H and O–H groups in total. The maximum atomic E-state index is 12.4. The Morgan fingerprint density at radius 2 is 1.79 bits per heavy atom. The maximum absolute atomic E-state index is 12.4. The summed E-state index contributed by atoms with van der Waals surface area (Å²) in [4.78, 5) is 12.4. The van der Waals surface area contributed by atoms with Gasteiger partial charge in [0.1, 0.15) is 17.7 Å². The number of carbonyl (C=O) groups is 1. The first-order valence-electron chi connectivity index (χ1n) is 8.75. The Bertz CT molecular complexity index is 1150. The van der Waals surface area contributed by atoms with E-state index in [0.717, 1.165) is 10.8 Å². The van der Waals surface area contributed by atoms with Gasteiger partial charge in [-0.15, -0.1) is 0 Å². The molecule has 3 rings (SSSR count). The van der Waals surface area contributed by atoms with Gasteiger partial charge in [-0.2, -0.15) is 10.5 Å². The molecule has 0 saturated heterocycles. The topological polar surface area (TPSA) is 95.1 Å². The van der Waals surface area contributed by atoms with Gasteiger partial charge >= 0.3 is 0 Å². The zero-order chi connectivity index (χ0) is 20.6. The molecule has 6 nitrogen and oxygen atoms in total. The number of nitriles is 2. The standard InChI is InChI=1S/C23H17N3O3/c1-28-22-12-16(11-17(13-24)14-25)9-10-21(22)29-15-23(27)26-20-8-4-6-18-5-2-3-7-19(18)20/h2-12H,15H2,1H3,(H,26,27). The molecule has 0 heterocycles. The van der Waals surface area contributed by atoms with E-state index in [1.54, 1.807) is 30.3 Å². The molecule has 0 spiro atoms. The fourth-order valence-corrected chi connectivity index (χ4v) is 2.81. The number of carbonyl (C=O) groups excluding carboxylic acids is 1. The van der Waals surface area contributed by atoms with Crippen LogP contribution in [0, 0.1) is 22.7 Å². The van der Waals surface area contributed by atoms with Crippen molar-refractivity contribution < 1.29 is 14.3 Å². The first-order valence-corrected chi connectivity index (χ1v) is 8.75. The summed E-state index contributed by atoms with van der Waals surface area (Å²) in [5.41, 5.74) is 1.31. The van der Waals surface area contributed by atoms with Gasteiger partial charge in [0.2, 0.25) is 0 Å². The van der Waals surface area contributed by atoms with Crippen LogP contribution in [0.4, 0.5) is 5.69 Å². The number of amides is 1. The zero-order valence-electron chi connectivity index (χ0n) is 15.7. The van der Waals surface area contributed by atoms with Crippen LogP contribution in [0.1, 0.15) is 5.56 Å². The van der Waals surface area contributed by atoms with Crippen molar-refractivity contribution in [3.8, 4) is 23.6 Å². The van der Waals surface area contributed by atoms with Gasteiger partial charge in [-0.25, -0.2) is 0 Å². The van der Waals surface area contributed by atoms with Crippen molar-refractivity contribution in [2.45, 2.75) is 0 Å². The monoisotopic (exact) mass is 383 g/mol. The quantitative estimate of drug-likeness (QED) is 0.641. The summed E-state index contributed by atoms with van der Waals surface area (Å²) in [7, 11) is 1.47. The number of hydrogen-bond acceptors (Lipinski definition) is 5. The number of benzene rings is 3. The predicted octanol–water partition coefficient (Wildman–Crippen LogP) is 4.30. The van der Waals surface area contributed by atoms with E-state index in [-0.39, 0.29) is 18.1 Å². The van der Waals surface area contributed by atoms with Crippen LogP contribution in [-0.2, 0) is 4.79 Å². The van der Waals surface area contributed by atoms with Crippen molar-refractivity contribution >= 4 is 28.4 Å². The fraction of sp³-hybridized carbons (Fsp3) is 0.0870. The molecule has 0 unspecified atom stereocenters. The molecule has 0 saturated carbocycles. The lowest BCUT2D eigenvalue weighted by Crippen LogP contribution is -2.20. The van der Waals surface area contributed by atoms with E-state index in [1.807, 2.05) is 42.5 Å². The third kappa shape index (κ3) is 4.71. The zero-order valence-corrected chi connectivity index (χ0v) is 15.7. The highest BCUT2D eigenvalue weighted by Crippen LogP contribution is 2.29. The number of nitrogens with one attached hydrogen (secondary N) is 1. The van der Waals surface area contributed by atoms with Gasteiger partial charge in [0, 0.05) is 11.1 Å². The number of rotatable bonds is 6. The van der Waals surface area contributed by atoms with Crippen molar-refractivity contribution in [3.63, 3.8) is 0 Å². The van der Waals surface area contributed by atoms with Crippen LogP contribution < -0.4 is 14.8 Å². The first kappa shape index (κ1) is 19.5. The molecule has 29 heavy (non-hydrogen) atoms. The van der Waals surface area contributed by atoms with Gasteiger partial charge in [0.15, 0.2) is 18.1 Å². The summed E-state index contributed by atoms with van der Waals surface area (Å²) in [6.45, 7) is -0.198. The number of hydrogen-bond donors (Lipinski definition) is 1. The van der Waals surface area contributed by atoms with Crippen LogP contribution in [0.2, 0.25) is 0 Å². The second kappa shape index (κ2) is 9.07. The molecule has 0 radical (unpaired) electrons. The largest absolute Gasteiger partial charge is 0.493 e. The van der Waals surface area contributed by atoms with Gasteiger partial charge in [0.25, 0.3) is 5.91 Å². The summed E-state index contributed by atoms with van der Waals surface area (Å²) >= 11 is 0. The summed E-state index contributed by atoms with van der Waals surface area (Å²) in [5, 5.41) is 22.6. The minimum atomic E-state index is -0.302. The third-order valence-corrected chi connectivity index (χ3v) is 4.16. The predicted molar refractivity (Wildman–Crippen MR) is 110 cm³/mol. The van der Waals surface area contributed by atoms with Gasteiger partial charge < -0.3 is 14.8 Å². The lowest BCUT2D eigenvalue weighted by Gasteiger charge is -2.12. The van der Waals surface area contributed by atoms with Crippen LogP contribution in [0.5, 0.6) is 11.5 Å². The molecule has 0 aliphatic carbocycles. The van der Waals surface area contributed by atoms with Crippen molar-refractivity contribution in [1.29, 1.82) is 10.5 Å². The van der Waals surface area contributed by atoms with E-state index in [2.05, 4.69) is 5.32 Å².